The Morgan fingerprint density at radius 3 is 2.20 bits per heavy atom. The first-order valence-corrected chi connectivity index (χ1v) is 9.62. The molecule has 4 aromatic rings. The molecule has 0 unspecified atom stereocenters. The predicted molar refractivity (Wildman–Crippen MR) is 115 cm³/mol. The second kappa shape index (κ2) is 7.87. The minimum Gasteiger partial charge on any atom is -0.507 e. The molecule has 0 aliphatic heterocycles. The number of phenolic OH excluding ortho intramolecular Hbond substituents is 1. The van der Waals surface area contributed by atoms with Crippen LogP contribution < -0.4 is 0 Å². The minimum absolute atomic E-state index is 0.0382. The Kier molecular flexibility index (Phi) is 5.11. The topological polar surface area (TPSA) is 68.5 Å². The molecule has 0 aliphatic carbocycles. The van der Waals surface area contributed by atoms with E-state index in [2.05, 4.69) is 0 Å². The van der Waals surface area contributed by atoms with Gasteiger partial charge in [-0.2, -0.15) is 0 Å². The number of aryl methyl sites for hydroxylation is 1. The quantitative estimate of drug-likeness (QED) is 0.379. The van der Waals surface area contributed by atoms with Crippen LogP contribution >= 0.6 is 0 Å². The van der Waals surface area contributed by atoms with E-state index >= 15 is 0 Å². The first kappa shape index (κ1) is 19.5. The number of fused-ring (bicyclic) bond motifs is 1. The number of carbonyl (C=O) groups is 2. The third kappa shape index (κ3) is 3.57. The number of benzene rings is 3. The second-order valence-electron chi connectivity index (χ2n) is 7.17. The van der Waals surface area contributed by atoms with Crippen molar-refractivity contribution in [1.82, 2.24) is 4.57 Å². The lowest BCUT2D eigenvalue weighted by Crippen LogP contribution is -2.15. The number of phenols is 1. The number of ether oxygens (including phenoxy) is 1. The maximum atomic E-state index is 12.7. The smallest absolute Gasteiger partial charge is 0.342 e. The van der Waals surface area contributed by atoms with Gasteiger partial charge in [-0.05, 0) is 55.0 Å². The Bertz CT molecular complexity index is 1260. The standard InChI is InChI=1S/C25H21NO4/c1-16-12-21(17(2)26(16)20-10-4-3-5-11-20)24(28)15-30-25(29)22-13-18-8-6-7-9-19(18)14-23(22)27/h3-14,27H,15H2,1-2H3. The lowest BCUT2D eigenvalue weighted by Gasteiger charge is -2.10. The van der Waals surface area contributed by atoms with Crippen LogP contribution in [-0.4, -0.2) is 28.0 Å². The van der Waals surface area contributed by atoms with E-state index in [-0.39, 0.29) is 17.1 Å². The average Bonchev–Trinajstić information content (AvgIpc) is 3.05. The normalized spacial score (nSPS) is 10.9. The van der Waals surface area contributed by atoms with Crippen molar-refractivity contribution < 1.29 is 19.4 Å². The van der Waals surface area contributed by atoms with E-state index in [1.165, 1.54) is 6.07 Å². The summed E-state index contributed by atoms with van der Waals surface area (Å²) in [4.78, 5) is 25.2. The largest absolute Gasteiger partial charge is 0.507 e. The molecular formula is C25H21NO4. The summed E-state index contributed by atoms with van der Waals surface area (Å²) in [6, 6.07) is 22.0. The van der Waals surface area contributed by atoms with Crippen molar-refractivity contribution in [2.75, 3.05) is 6.61 Å². The molecule has 5 heteroatoms. The van der Waals surface area contributed by atoms with Gasteiger partial charge in [-0.25, -0.2) is 4.79 Å². The summed E-state index contributed by atoms with van der Waals surface area (Å²) < 4.78 is 7.22. The van der Waals surface area contributed by atoms with E-state index in [9.17, 15) is 14.7 Å². The Morgan fingerprint density at radius 2 is 1.50 bits per heavy atom. The summed E-state index contributed by atoms with van der Waals surface area (Å²) in [5.41, 5.74) is 3.21. The lowest BCUT2D eigenvalue weighted by molar-refractivity contribution is 0.0472. The molecule has 0 amide bonds. The molecule has 0 saturated carbocycles. The average molecular weight is 399 g/mol. The van der Waals surface area contributed by atoms with Gasteiger partial charge in [-0.1, -0.05) is 42.5 Å². The number of hydrogen-bond acceptors (Lipinski definition) is 4. The molecule has 30 heavy (non-hydrogen) atoms. The van der Waals surface area contributed by atoms with E-state index in [0.29, 0.717) is 5.56 Å². The molecule has 1 heterocycles. The van der Waals surface area contributed by atoms with Crippen LogP contribution in [0.1, 0.15) is 32.1 Å². The maximum absolute atomic E-state index is 12.7. The van der Waals surface area contributed by atoms with Gasteiger partial charge in [0.25, 0.3) is 0 Å². The first-order valence-electron chi connectivity index (χ1n) is 9.62. The molecule has 3 aromatic carbocycles. The van der Waals surface area contributed by atoms with Gasteiger partial charge in [-0.3, -0.25) is 4.79 Å². The van der Waals surface area contributed by atoms with E-state index in [1.54, 1.807) is 12.1 Å². The summed E-state index contributed by atoms with van der Waals surface area (Å²) in [6.07, 6.45) is 0. The highest BCUT2D eigenvalue weighted by Crippen LogP contribution is 2.26. The fourth-order valence-electron chi connectivity index (χ4n) is 3.70. The molecule has 0 atom stereocenters. The molecule has 0 saturated heterocycles. The number of nitrogens with zero attached hydrogens (tertiary/aromatic N) is 1. The highest BCUT2D eigenvalue weighted by molar-refractivity contribution is 6.02. The molecule has 0 aliphatic rings. The number of hydrogen-bond donors (Lipinski definition) is 1. The van der Waals surface area contributed by atoms with Crippen molar-refractivity contribution >= 4 is 22.5 Å². The number of rotatable bonds is 5. The molecule has 4 rings (SSSR count). The van der Waals surface area contributed by atoms with Gasteiger partial charge < -0.3 is 14.4 Å². The molecule has 0 radical (unpaired) electrons. The fourth-order valence-corrected chi connectivity index (χ4v) is 3.70. The van der Waals surface area contributed by atoms with Gasteiger partial charge in [0.2, 0.25) is 5.78 Å². The van der Waals surface area contributed by atoms with Crippen molar-refractivity contribution in [3.8, 4) is 11.4 Å². The highest BCUT2D eigenvalue weighted by Gasteiger charge is 2.20. The van der Waals surface area contributed by atoms with Crippen LogP contribution in [-0.2, 0) is 4.74 Å². The SMILES string of the molecule is Cc1cc(C(=O)COC(=O)c2cc3ccccc3cc2O)c(C)n1-c1ccccc1. The van der Waals surface area contributed by atoms with Crippen LogP contribution in [0.15, 0.2) is 72.8 Å². The summed E-state index contributed by atoms with van der Waals surface area (Å²) in [6.45, 7) is 3.39. The number of ketones is 1. The number of para-hydroxylation sites is 1. The number of Topliss-reactive ketones (excluding diaryl/α,β-unsaturated/α-hetero) is 1. The number of carbonyl (C=O) groups excluding carboxylic acids is 2. The van der Waals surface area contributed by atoms with Gasteiger partial charge in [0.1, 0.15) is 11.3 Å². The highest BCUT2D eigenvalue weighted by atomic mass is 16.5. The summed E-state index contributed by atoms with van der Waals surface area (Å²) in [7, 11) is 0. The van der Waals surface area contributed by atoms with Crippen LogP contribution in [0.25, 0.3) is 16.5 Å². The van der Waals surface area contributed by atoms with Crippen molar-refractivity contribution in [2.45, 2.75) is 13.8 Å². The number of aromatic hydroxyl groups is 1. The van der Waals surface area contributed by atoms with E-state index < -0.39 is 12.6 Å². The predicted octanol–water partition coefficient (Wildman–Crippen LogP) is 4.99. The Labute approximate surface area is 174 Å². The molecule has 0 spiro atoms. The Hall–Kier alpha value is -3.86. The van der Waals surface area contributed by atoms with Crippen LogP contribution in [0.2, 0.25) is 0 Å². The number of aromatic nitrogens is 1. The second-order valence-corrected chi connectivity index (χ2v) is 7.17. The Morgan fingerprint density at radius 1 is 0.867 bits per heavy atom. The van der Waals surface area contributed by atoms with Crippen LogP contribution in [0.4, 0.5) is 0 Å². The summed E-state index contributed by atoms with van der Waals surface area (Å²) in [5.74, 6) is -1.20. The van der Waals surface area contributed by atoms with Gasteiger partial charge in [0, 0.05) is 22.6 Å². The first-order chi connectivity index (χ1) is 14.5. The molecule has 150 valence electrons. The third-order valence-electron chi connectivity index (χ3n) is 5.16. The van der Waals surface area contributed by atoms with Crippen molar-refractivity contribution in [3.05, 3.63) is 95.3 Å². The van der Waals surface area contributed by atoms with Gasteiger partial charge in [0.05, 0.1) is 0 Å². The molecule has 1 aromatic heterocycles. The molecule has 0 fully saturated rings. The number of esters is 1. The molecule has 5 nitrogen and oxygen atoms in total. The van der Waals surface area contributed by atoms with Crippen molar-refractivity contribution in [2.24, 2.45) is 0 Å². The van der Waals surface area contributed by atoms with Crippen LogP contribution in [0.5, 0.6) is 5.75 Å². The van der Waals surface area contributed by atoms with E-state index in [1.807, 2.05) is 73.0 Å². The van der Waals surface area contributed by atoms with Gasteiger partial charge in [-0.15, -0.1) is 0 Å². The molecule has 0 bridgehead atoms. The van der Waals surface area contributed by atoms with Gasteiger partial charge >= 0.3 is 5.97 Å². The minimum atomic E-state index is -0.733. The zero-order chi connectivity index (χ0) is 21.3. The summed E-state index contributed by atoms with van der Waals surface area (Å²) >= 11 is 0. The zero-order valence-electron chi connectivity index (χ0n) is 16.8. The van der Waals surface area contributed by atoms with Crippen molar-refractivity contribution in [1.29, 1.82) is 0 Å². The molecule has 1 N–H and O–H groups in total. The van der Waals surface area contributed by atoms with Crippen LogP contribution in [0, 0.1) is 13.8 Å². The van der Waals surface area contributed by atoms with Crippen molar-refractivity contribution in [3.63, 3.8) is 0 Å². The fraction of sp³-hybridized carbons (Fsp3) is 0.120. The lowest BCUT2D eigenvalue weighted by atomic mass is 10.1. The molecular weight excluding hydrogens is 378 g/mol. The monoisotopic (exact) mass is 399 g/mol. The Balaban J connectivity index is 1.53. The van der Waals surface area contributed by atoms with Crippen LogP contribution in [0.3, 0.4) is 0 Å². The van der Waals surface area contributed by atoms with E-state index in [0.717, 1.165) is 27.8 Å². The summed E-state index contributed by atoms with van der Waals surface area (Å²) in [5, 5.41) is 11.8. The third-order valence-corrected chi connectivity index (χ3v) is 5.16. The van der Waals surface area contributed by atoms with E-state index in [4.69, 9.17) is 4.74 Å². The van der Waals surface area contributed by atoms with Gasteiger partial charge in [0.15, 0.2) is 6.61 Å². The zero-order valence-corrected chi connectivity index (χ0v) is 16.8. The maximum Gasteiger partial charge on any atom is 0.342 e.